The summed E-state index contributed by atoms with van der Waals surface area (Å²) < 4.78 is 12.2. The third kappa shape index (κ3) is 1.85. The molecule has 3 aliphatic rings. The van der Waals surface area contributed by atoms with Gasteiger partial charge in [-0.05, 0) is 44.4 Å². The van der Waals surface area contributed by atoms with E-state index in [9.17, 15) is 4.79 Å². The van der Waals surface area contributed by atoms with E-state index in [-0.39, 0.29) is 23.1 Å². The second-order valence-corrected chi connectivity index (χ2v) is 7.96. The lowest BCUT2D eigenvalue weighted by atomic mass is 9.53. The lowest BCUT2D eigenvalue weighted by Gasteiger charge is -2.52. The van der Waals surface area contributed by atoms with Crippen LogP contribution in [0.5, 0.6) is 0 Å². The molecule has 2 saturated heterocycles. The average Bonchev–Trinajstić information content (AvgIpc) is 2.80. The number of carbonyl (C=O) groups excluding carboxylic acids is 1. The van der Waals surface area contributed by atoms with Gasteiger partial charge in [0.05, 0.1) is 11.7 Å². The van der Waals surface area contributed by atoms with Gasteiger partial charge in [-0.2, -0.15) is 0 Å². The molecule has 3 fully saturated rings. The van der Waals surface area contributed by atoms with E-state index in [0.717, 1.165) is 12.8 Å². The van der Waals surface area contributed by atoms with Crippen LogP contribution in [-0.4, -0.2) is 23.8 Å². The fourth-order valence-corrected chi connectivity index (χ4v) is 5.44. The largest absolute Gasteiger partial charge is 0.462 e. The number of esters is 1. The zero-order chi connectivity index (χ0) is 14.7. The Morgan fingerprint density at radius 2 is 1.95 bits per heavy atom. The van der Waals surface area contributed by atoms with Crippen LogP contribution < -0.4 is 0 Å². The van der Waals surface area contributed by atoms with Crippen LogP contribution in [0.15, 0.2) is 0 Å². The van der Waals surface area contributed by atoms with Gasteiger partial charge in [-0.25, -0.2) is 0 Å². The molecule has 2 heterocycles. The first-order valence-electron chi connectivity index (χ1n) is 8.13. The van der Waals surface area contributed by atoms with Crippen molar-refractivity contribution in [1.29, 1.82) is 0 Å². The molecule has 3 rings (SSSR count). The van der Waals surface area contributed by atoms with Gasteiger partial charge in [0.2, 0.25) is 0 Å². The Bertz CT molecular complexity index is 418. The maximum absolute atomic E-state index is 11.6. The van der Waals surface area contributed by atoms with Crippen molar-refractivity contribution in [3.63, 3.8) is 0 Å². The van der Waals surface area contributed by atoms with Crippen LogP contribution in [0.1, 0.15) is 60.3 Å². The van der Waals surface area contributed by atoms with Gasteiger partial charge in [0, 0.05) is 18.3 Å². The molecule has 0 amide bonds. The van der Waals surface area contributed by atoms with Crippen molar-refractivity contribution in [2.45, 2.75) is 78.1 Å². The normalized spacial score (nSPS) is 50.3. The number of hydrogen-bond acceptors (Lipinski definition) is 3. The Labute approximate surface area is 122 Å². The Morgan fingerprint density at radius 1 is 1.25 bits per heavy atom. The molecule has 3 nitrogen and oxygen atoms in total. The van der Waals surface area contributed by atoms with Gasteiger partial charge in [0.1, 0.15) is 6.10 Å². The minimum atomic E-state index is -0.142. The molecule has 1 aliphatic carbocycles. The molecule has 0 aromatic rings. The summed E-state index contributed by atoms with van der Waals surface area (Å²) in [6.07, 6.45) is 5.03. The zero-order valence-electron chi connectivity index (χ0n) is 13.4. The Kier molecular flexibility index (Phi) is 3.20. The Balaban J connectivity index is 1.97. The predicted octanol–water partition coefficient (Wildman–Crippen LogP) is 3.56. The topological polar surface area (TPSA) is 35.5 Å². The van der Waals surface area contributed by atoms with Gasteiger partial charge in [-0.1, -0.05) is 20.8 Å². The van der Waals surface area contributed by atoms with E-state index in [4.69, 9.17) is 9.47 Å². The van der Waals surface area contributed by atoms with E-state index in [1.54, 1.807) is 6.92 Å². The zero-order valence-corrected chi connectivity index (χ0v) is 13.4. The molecule has 0 N–H and O–H groups in total. The van der Waals surface area contributed by atoms with Crippen LogP contribution in [0.3, 0.4) is 0 Å². The standard InChI is InChI=1S/C17H28O3/c1-10(2)12-6-8-16(4)13-7-9-17(5,20-13)15(16)14(12)19-11(3)18/h10,12-15H,6-9H2,1-5H3/t12-,13-,14+,15?,16-,17+/m0/s1. The number of fused-ring (bicyclic) bond motifs is 5. The molecule has 0 spiro atoms. The summed E-state index contributed by atoms with van der Waals surface area (Å²) in [4.78, 5) is 11.6. The number of rotatable bonds is 2. The molecule has 114 valence electrons. The van der Waals surface area contributed by atoms with Gasteiger partial charge in [-0.3, -0.25) is 4.79 Å². The van der Waals surface area contributed by atoms with Crippen molar-refractivity contribution in [2.24, 2.45) is 23.2 Å². The molecule has 0 radical (unpaired) electrons. The van der Waals surface area contributed by atoms with E-state index in [0.29, 0.717) is 23.9 Å². The van der Waals surface area contributed by atoms with Gasteiger partial charge >= 0.3 is 5.97 Å². The lowest BCUT2D eigenvalue weighted by Crippen LogP contribution is -2.56. The number of ether oxygens (including phenoxy) is 2. The Hall–Kier alpha value is -0.570. The molecule has 1 saturated carbocycles. The Morgan fingerprint density at radius 3 is 2.55 bits per heavy atom. The van der Waals surface area contributed by atoms with Crippen molar-refractivity contribution >= 4 is 5.97 Å². The summed E-state index contributed by atoms with van der Waals surface area (Å²) in [6.45, 7) is 10.6. The van der Waals surface area contributed by atoms with Gasteiger partial charge < -0.3 is 9.47 Å². The monoisotopic (exact) mass is 280 g/mol. The minimum absolute atomic E-state index is 0.0292. The van der Waals surface area contributed by atoms with E-state index in [1.165, 1.54) is 12.8 Å². The van der Waals surface area contributed by atoms with Crippen molar-refractivity contribution in [2.75, 3.05) is 0 Å². The van der Waals surface area contributed by atoms with E-state index < -0.39 is 0 Å². The lowest BCUT2D eigenvalue weighted by molar-refractivity contribution is -0.169. The minimum Gasteiger partial charge on any atom is -0.462 e. The van der Waals surface area contributed by atoms with Crippen molar-refractivity contribution < 1.29 is 14.3 Å². The fourth-order valence-electron chi connectivity index (χ4n) is 5.44. The van der Waals surface area contributed by atoms with E-state index in [2.05, 4.69) is 27.7 Å². The maximum Gasteiger partial charge on any atom is 0.302 e. The maximum atomic E-state index is 11.6. The summed E-state index contributed by atoms with van der Waals surface area (Å²) in [5.41, 5.74) is 0.103. The molecule has 0 aromatic heterocycles. The molecular weight excluding hydrogens is 252 g/mol. The van der Waals surface area contributed by atoms with Crippen LogP contribution in [0.25, 0.3) is 0 Å². The third-order valence-electron chi connectivity index (χ3n) is 6.34. The molecule has 0 aromatic carbocycles. The average molecular weight is 280 g/mol. The van der Waals surface area contributed by atoms with E-state index in [1.807, 2.05) is 0 Å². The van der Waals surface area contributed by atoms with Crippen LogP contribution in [0, 0.1) is 23.2 Å². The van der Waals surface area contributed by atoms with Crippen LogP contribution in [-0.2, 0) is 14.3 Å². The van der Waals surface area contributed by atoms with Gasteiger partial charge in [0.25, 0.3) is 0 Å². The molecule has 6 atom stereocenters. The summed E-state index contributed by atoms with van der Waals surface area (Å²) in [7, 11) is 0. The van der Waals surface area contributed by atoms with Gasteiger partial charge in [0.15, 0.2) is 0 Å². The summed E-state index contributed by atoms with van der Waals surface area (Å²) >= 11 is 0. The predicted molar refractivity (Wildman–Crippen MR) is 77.2 cm³/mol. The summed E-state index contributed by atoms with van der Waals surface area (Å²) in [5, 5.41) is 0. The summed E-state index contributed by atoms with van der Waals surface area (Å²) in [5.74, 6) is 1.23. The second-order valence-electron chi connectivity index (χ2n) is 7.96. The van der Waals surface area contributed by atoms with Crippen LogP contribution >= 0.6 is 0 Å². The summed E-state index contributed by atoms with van der Waals surface area (Å²) in [6, 6.07) is 0. The number of hydrogen-bond donors (Lipinski definition) is 0. The highest BCUT2D eigenvalue weighted by Gasteiger charge is 2.68. The van der Waals surface area contributed by atoms with Crippen LogP contribution in [0.4, 0.5) is 0 Å². The third-order valence-corrected chi connectivity index (χ3v) is 6.34. The highest BCUT2D eigenvalue weighted by molar-refractivity contribution is 5.66. The first kappa shape index (κ1) is 14.4. The molecule has 3 heteroatoms. The second kappa shape index (κ2) is 4.46. The first-order chi connectivity index (χ1) is 9.28. The van der Waals surface area contributed by atoms with Gasteiger partial charge in [-0.15, -0.1) is 0 Å². The SMILES string of the molecule is CC(=O)O[C@H]1C2[C@@]3(C)CC[C@H](O3)[C@]2(C)CC[C@H]1C(C)C. The quantitative estimate of drug-likeness (QED) is 0.726. The molecule has 2 bridgehead atoms. The van der Waals surface area contributed by atoms with Crippen molar-refractivity contribution in [3.05, 3.63) is 0 Å². The highest BCUT2D eigenvalue weighted by atomic mass is 16.6. The molecule has 1 unspecified atom stereocenters. The highest BCUT2D eigenvalue weighted by Crippen LogP contribution is 2.64. The molecular formula is C17H28O3. The smallest absolute Gasteiger partial charge is 0.302 e. The fraction of sp³-hybridized carbons (Fsp3) is 0.941. The molecule has 2 aliphatic heterocycles. The van der Waals surface area contributed by atoms with Crippen molar-refractivity contribution in [1.82, 2.24) is 0 Å². The number of carbonyl (C=O) groups is 1. The van der Waals surface area contributed by atoms with Crippen LogP contribution in [0.2, 0.25) is 0 Å². The van der Waals surface area contributed by atoms with E-state index >= 15 is 0 Å². The van der Waals surface area contributed by atoms with Crippen molar-refractivity contribution in [3.8, 4) is 0 Å². The molecule has 20 heavy (non-hydrogen) atoms. The first-order valence-corrected chi connectivity index (χ1v) is 8.13.